The molecule has 3 aromatic rings. The van der Waals surface area contributed by atoms with Gasteiger partial charge in [0.1, 0.15) is 17.7 Å². The first-order valence-corrected chi connectivity index (χ1v) is 9.70. The molecule has 2 aromatic carbocycles. The Morgan fingerprint density at radius 3 is 2.93 bits per heavy atom. The molecule has 0 N–H and O–H groups in total. The fourth-order valence-corrected chi connectivity index (χ4v) is 3.76. The number of nitro benzene ring substituents is 1. The van der Waals surface area contributed by atoms with Crippen molar-refractivity contribution >= 4 is 17.7 Å². The lowest BCUT2D eigenvalue weighted by atomic mass is 9.82. The van der Waals surface area contributed by atoms with Crippen molar-refractivity contribution in [3.05, 3.63) is 81.7 Å². The number of carbonyl (C=O) groups is 1. The van der Waals surface area contributed by atoms with Gasteiger partial charge in [0.15, 0.2) is 0 Å². The van der Waals surface area contributed by atoms with Crippen molar-refractivity contribution in [3.63, 3.8) is 0 Å². The minimum Gasteiger partial charge on any atom is -0.444 e. The highest BCUT2D eigenvalue weighted by Gasteiger charge is 2.22. The number of aromatic nitrogens is 1. The van der Waals surface area contributed by atoms with E-state index in [-0.39, 0.29) is 17.6 Å². The molecule has 30 heavy (non-hydrogen) atoms. The van der Waals surface area contributed by atoms with E-state index in [9.17, 15) is 14.9 Å². The molecule has 7 heteroatoms. The molecule has 0 aliphatic heterocycles. The molecule has 0 saturated carbocycles. The second kappa shape index (κ2) is 8.32. The zero-order valence-corrected chi connectivity index (χ0v) is 16.4. The highest BCUT2D eigenvalue weighted by molar-refractivity contribution is 5.70. The van der Waals surface area contributed by atoms with Crippen LogP contribution in [0.3, 0.4) is 0 Å². The molecule has 0 spiro atoms. The number of nitro groups is 1. The zero-order valence-electron chi connectivity index (χ0n) is 16.4. The summed E-state index contributed by atoms with van der Waals surface area (Å²) >= 11 is 0. The lowest BCUT2D eigenvalue weighted by molar-refractivity contribution is -0.384. The maximum Gasteiger partial charge on any atom is 0.308 e. The smallest absolute Gasteiger partial charge is 0.308 e. The third-order valence-corrected chi connectivity index (χ3v) is 5.09. The second-order valence-corrected chi connectivity index (χ2v) is 7.16. The average Bonchev–Trinajstić information content (AvgIpc) is 3.21. The Bertz CT molecular complexity index is 1130. The molecule has 0 fully saturated rings. The number of fused-ring (bicyclic) bond motifs is 1. The average molecular weight is 404 g/mol. The number of hydrogen-bond acceptors (Lipinski definition) is 6. The predicted octanol–water partition coefficient (Wildman–Crippen LogP) is 5.31. The van der Waals surface area contributed by atoms with Crippen LogP contribution < -0.4 is 4.74 Å². The number of hydrogen-bond donors (Lipinski definition) is 0. The van der Waals surface area contributed by atoms with Crippen LogP contribution in [0.15, 0.2) is 59.2 Å². The Balaban J connectivity index is 1.56. The Hall–Kier alpha value is -3.74. The minimum absolute atomic E-state index is 0.00908. The molecule has 7 nitrogen and oxygen atoms in total. The SMILES string of the molecule is CC(=O)Oc1cccc2c1CCCC2C=Cc1coc(-c2cccc([N+](=O)[O-])c2)n1. The second-order valence-electron chi connectivity index (χ2n) is 7.16. The number of esters is 1. The summed E-state index contributed by atoms with van der Waals surface area (Å²) in [5.41, 5.74) is 3.41. The first-order valence-electron chi connectivity index (χ1n) is 9.70. The fourth-order valence-electron chi connectivity index (χ4n) is 3.76. The summed E-state index contributed by atoms with van der Waals surface area (Å²) in [4.78, 5) is 26.3. The molecule has 1 heterocycles. The van der Waals surface area contributed by atoms with E-state index in [1.807, 2.05) is 18.2 Å². The van der Waals surface area contributed by atoms with Crippen LogP contribution in [0.2, 0.25) is 0 Å². The van der Waals surface area contributed by atoms with Gasteiger partial charge in [-0.2, -0.15) is 0 Å². The molecule has 0 amide bonds. The molecule has 1 aromatic heterocycles. The summed E-state index contributed by atoms with van der Waals surface area (Å²) in [6, 6.07) is 12.0. The van der Waals surface area contributed by atoms with Crippen molar-refractivity contribution in [2.75, 3.05) is 0 Å². The summed E-state index contributed by atoms with van der Waals surface area (Å²) in [6.07, 6.45) is 8.36. The zero-order chi connectivity index (χ0) is 21.1. The molecule has 1 atom stereocenters. The van der Waals surface area contributed by atoms with Gasteiger partial charge in [0.25, 0.3) is 5.69 Å². The van der Waals surface area contributed by atoms with Gasteiger partial charge in [0, 0.05) is 30.5 Å². The van der Waals surface area contributed by atoms with Gasteiger partial charge in [-0.1, -0.05) is 24.3 Å². The topological polar surface area (TPSA) is 95.5 Å². The molecule has 152 valence electrons. The monoisotopic (exact) mass is 404 g/mol. The molecule has 1 aliphatic carbocycles. The van der Waals surface area contributed by atoms with Crippen molar-refractivity contribution in [1.29, 1.82) is 0 Å². The van der Waals surface area contributed by atoms with Crippen molar-refractivity contribution in [2.45, 2.75) is 32.1 Å². The molecule has 4 rings (SSSR count). The Kier molecular flexibility index (Phi) is 5.43. The van der Waals surface area contributed by atoms with E-state index in [1.54, 1.807) is 12.1 Å². The number of non-ortho nitro benzene ring substituents is 1. The van der Waals surface area contributed by atoms with Gasteiger partial charge in [0.2, 0.25) is 5.89 Å². The number of ether oxygens (including phenoxy) is 1. The first-order chi connectivity index (χ1) is 14.5. The van der Waals surface area contributed by atoms with Crippen LogP contribution in [0.25, 0.3) is 17.5 Å². The summed E-state index contributed by atoms with van der Waals surface area (Å²) in [5, 5.41) is 11.0. The van der Waals surface area contributed by atoms with Crippen LogP contribution in [-0.2, 0) is 11.2 Å². The molecule has 0 radical (unpaired) electrons. The Morgan fingerprint density at radius 2 is 2.13 bits per heavy atom. The van der Waals surface area contributed by atoms with Gasteiger partial charge < -0.3 is 9.15 Å². The first kappa shape index (κ1) is 19.6. The molecular weight excluding hydrogens is 384 g/mol. The molecule has 1 unspecified atom stereocenters. The normalized spacial score (nSPS) is 15.7. The van der Waals surface area contributed by atoms with Gasteiger partial charge in [-0.3, -0.25) is 14.9 Å². The number of nitrogens with zero attached hydrogens (tertiary/aromatic N) is 2. The van der Waals surface area contributed by atoms with Crippen LogP contribution in [-0.4, -0.2) is 15.9 Å². The predicted molar refractivity (Wildman–Crippen MR) is 111 cm³/mol. The van der Waals surface area contributed by atoms with Crippen LogP contribution in [0, 0.1) is 10.1 Å². The third kappa shape index (κ3) is 4.15. The quantitative estimate of drug-likeness (QED) is 0.247. The van der Waals surface area contributed by atoms with Crippen molar-refractivity contribution in [2.24, 2.45) is 0 Å². The lowest BCUT2D eigenvalue weighted by Gasteiger charge is -2.24. The summed E-state index contributed by atoms with van der Waals surface area (Å²) in [6.45, 7) is 1.41. The highest BCUT2D eigenvalue weighted by atomic mass is 16.6. The van der Waals surface area contributed by atoms with E-state index in [4.69, 9.17) is 9.15 Å². The maximum absolute atomic E-state index is 11.4. The van der Waals surface area contributed by atoms with Gasteiger partial charge in [-0.25, -0.2) is 4.98 Å². The summed E-state index contributed by atoms with van der Waals surface area (Å²) in [7, 11) is 0. The molecule has 0 bridgehead atoms. The van der Waals surface area contributed by atoms with E-state index in [0.29, 0.717) is 22.9 Å². The van der Waals surface area contributed by atoms with Crippen LogP contribution in [0.4, 0.5) is 5.69 Å². The van der Waals surface area contributed by atoms with Crippen molar-refractivity contribution in [3.8, 4) is 17.2 Å². The van der Waals surface area contributed by atoms with Gasteiger partial charge in [-0.05, 0) is 48.6 Å². The van der Waals surface area contributed by atoms with Gasteiger partial charge >= 0.3 is 5.97 Å². The maximum atomic E-state index is 11.4. The number of allylic oxidation sites excluding steroid dienone is 1. The number of oxazole rings is 1. The summed E-state index contributed by atoms with van der Waals surface area (Å²) in [5.74, 6) is 0.826. The minimum atomic E-state index is -0.447. The van der Waals surface area contributed by atoms with E-state index >= 15 is 0 Å². The van der Waals surface area contributed by atoms with Crippen molar-refractivity contribution in [1.82, 2.24) is 4.98 Å². The number of benzene rings is 2. The third-order valence-electron chi connectivity index (χ3n) is 5.09. The van der Waals surface area contributed by atoms with Gasteiger partial charge in [-0.15, -0.1) is 0 Å². The standard InChI is InChI=1S/C23H20N2O5/c1-15(26)30-22-10-4-8-20-16(5-3-9-21(20)22)11-12-18-14-29-23(24-18)17-6-2-7-19(13-17)25(27)28/h2,4,6-8,10-14,16H,3,5,9H2,1H3. The fraction of sp³-hybridized carbons (Fsp3) is 0.217. The van der Waals surface area contributed by atoms with E-state index in [2.05, 4.69) is 17.1 Å². The van der Waals surface area contributed by atoms with Crippen molar-refractivity contribution < 1.29 is 18.9 Å². The number of carbonyl (C=O) groups excluding carboxylic acids is 1. The molecular formula is C23H20N2O5. The van der Waals surface area contributed by atoms with Crippen LogP contribution in [0.1, 0.15) is 42.5 Å². The van der Waals surface area contributed by atoms with E-state index in [0.717, 1.165) is 30.4 Å². The molecule has 1 aliphatic rings. The largest absolute Gasteiger partial charge is 0.444 e. The number of rotatable bonds is 5. The van der Waals surface area contributed by atoms with E-state index < -0.39 is 4.92 Å². The molecule has 0 saturated heterocycles. The van der Waals surface area contributed by atoms with E-state index in [1.165, 1.54) is 25.3 Å². The van der Waals surface area contributed by atoms with Gasteiger partial charge in [0.05, 0.1) is 4.92 Å². The Morgan fingerprint density at radius 1 is 1.30 bits per heavy atom. The highest BCUT2D eigenvalue weighted by Crippen LogP contribution is 2.38. The summed E-state index contributed by atoms with van der Waals surface area (Å²) < 4.78 is 10.9. The lowest BCUT2D eigenvalue weighted by Crippen LogP contribution is -2.11. The Labute approximate surface area is 173 Å². The van der Waals surface area contributed by atoms with Crippen LogP contribution >= 0.6 is 0 Å². The van der Waals surface area contributed by atoms with Crippen LogP contribution in [0.5, 0.6) is 5.75 Å².